The van der Waals surface area contributed by atoms with Crippen LogP contribution in [0.5, 0.6) is 0 Å². The zero-order valence-corrected chi connectivity index (χ0v) is 13.0. The molecular weight excluding hydrogens is 270 g/mol. The molecule has 0 bridgehead atoms. The van der Waals surface area contributed by atoms with E-state index in [4.69, 9.17) is 4.74 Å². The number of ether oxygens (including phenoxy) is 1. The Hall–Kier alpha value is -0.420. The summed E-state index contributed by atoms with van der Waals surface area (Å²) in [6.07, 6.45) is 5.97. The number of hydrogen-bond donors (Lipinski definition) is 2. The van der Waals surface area contributed by atoms with Crippen molar-refractivity contribution in [3.8, 4) is 0 Å². The molecule has 0 radical (unpaired) electrons. The first-order chi connectivity index (χ1) is 9.69. The van der Waals surface area contributed by atoms with Crippen molar-refractivity contribution in [2.75, 3.05) is 13.2 Å². The Kier molecular flexibility index (Phi) is 4.46. The fraction of sp³-hybridized carbons (Fsp3) is 0.750. The molecule has 0 spiro atoms. The van der Waals surface area contributed by atoms with Gasteiger partial charge in [0.05, 0.1) is 6.10 Å². The molecule has 1 aromatic heterocycles. The molecule has 2 N–H and O–H groups in total. The van der Waals surface area contributed by atoms with Crippen LogP contribution in [0.4, 0.5) is 0 Å². The summed E-state index contributed by atoms with van der Waals surface area (Å²) in [6.45, 7) is 3.28. The van der Waals surface area contributed by atoms with Crippen LogP contribution in [0.2, 0.25) is 0 Å². The number of nitrogens with one attached hydrogen (secondary N) is 1. The predicted octanol–water partition coefficient (Wildman–Crippen LogP) is 3.11. The van der Waals surface area contributed by atoms with Gasteiger partial charge < -0.3 is 15.2 Å². The maximum Gasteiger partial charge on any atom is 0.105 e. The van der Waals surface area contributed by atoms with Crippen molar-refractivity contribution in [1.29, 1.82) is 0 Å². The van der Waals surface area contributed by atoms with Gasteiger partial charge in [-0.1, -0.05) is 18.9 Å². The second-order valence-corrected chi connectivity index (χ2v) is 7.26. The van der Waals surface area contributed by atoms with Gasteiger partial charge in [-0.05, 0) is 37.1 Å². The lowest BCUT2D eigenvalue weighted by atomic mass is 9.93. The number of aliphatic hydroxyl groups is 1. The Morgan fingerprint density at radius 3 is 2.90 bits per heavy atom. The molecule has 3 nitrogen and oxygen atoms in total. The van der Waals surface area contributed by atoms with Gasteiger partial charge in [0.2, 0.25) is 0 Å². The van der Waals surface area contributed by atoms with E-state index in [-0.39, 0.29) is 6.10 Å². The first-order valence-electron chi connectivity index (χ1n) is 7.80. The molecule has 3 rings (SSSR count). The van der Waals surface area contributed by atoms with Gasteiger partial charge in [-0.15, -0.1) is 11.3 Å². The topological polar surface area (TPSA) is 41.5 Å². The highest BCUT2D eigenvalue weighted by molar-refractivity contribution is 7.10. The molecule has 4 heteroatoms. The van der Waals surface area contributed by atoms with Crippen molar-refractivity contribution in [2.45, 2.75) is 56.8 Å². The average molecular weight is 295 g/mol. The second kappa shape index (κ2) is 6.14. The van der Waals surface area contributed by atoms with Gasteiger partial charge in [0, 0.05) is 30.5 Å². The van der Waals surface area contributed by atoms with E-state index < -0.39 is 5.60 Å². The Labute approximate surface area is 125 Å². The van der Waals surface area contributed by atoms with Crippen LogP contribution in [0.3, 0.4) is 0 Å². The number of thiophene rings is 1. The minimum Gasteiger partial charge on any atom is -0.386 e. The highest BCUT2D eigenvalue weighted by Gasteiger charge is 2.40. The van der Waals surface area contributed by atoms with Gasteiger partial charge in [-0.3, -0.25) is 0 Å². The van der Waals surface area contributed by atoms with E-state index in [0.29, 0.717) is 19.2 Å². The molecule has 3 unspecified atom stereocenters. The zero-order chi connectivity index (χ0) is 14.0. The van der Waals surface area contributed by atoms with Crippen molar-refractivity contribution < 1.29 is 9.84 Å². The second-order valence-electron chi connectivity index (χ2n) is 6.29. The summed E-state index contributed by atoms with van der Waals surface area (Å²) in [4.78, 5) is 1.41. The molecule has 20 heavy (non-hydrogen) atoms. The Morgan fingerprint density at radius 1 is 1.50 bits per heavy atom. The Bertz CT molecular complexity index is 416. The lowest BCUT2D eigenvalue weighted by Crippen LogP contribution is -2.47. The van der Waals surface area contributed by atoms with Gasteiger partial charge in [0.25, 0.3) is 0 Å². The molecule has 1 aliphatic carbocycles. The first-order valence-corrected chi connectivity index (χ1v) is 8.68. The van der Waals surface area contributed by atoms with Crippen LogP contribution < -0.4 is 5.32 Å². The lowest BCUT2D eigenvalue weighted by molar-refractivity contribution is -0.0286. The summed E-state index contributed by atoms with van der Waals surface area (Å²) in [6, 6.07) is 4.74. The number of hydrogen-bond acceptors (Lipinski definition) is 4. The fourth-order valence-electron chi connectivity index (χ4n) is 3.55. The molecule has 1 saturated heterocycles. The van der Waals surface area contributed by atoms with Crippen molar-refractivity contribution >= 4 is 11.3 Å². The van der Waals surface area contributed by atoms with E-state index in [0.717, 1.165) is 12.3 Å². The molecule has 1 aromatic rings. The molecule has 2 aliphatic rings. The third-order valence-corrected chi connectivity index (χ3v) is 5.96. The van der Waals surface area contributed by atoms with Crippen LogP contribution in [-0.2, 0) is 4.74 Å². The molecule has 3 atom stereocenters. The largest absolute Gasteiger partial charge is 0.386 e. The highest BCUT2D eigenvalue weighted by atomic mass is 32.1. The summed E-state index contributed by atoms with van der Waals surface area (Å²) >= 11 is 1.82. The number of rotatable bonds is 5. The van der Waals surface area contributed by atoms with Crippen LogP contribution in [0.1, 0.15) is 49.9 Å². The third kappa shape index (κ3) is 2.93. The molecule has 2 fully saturated rings. The van der Waals surface area contributed by atoms with Gasteiger partial charge in [-0.25, -0.2) is 0 Å². The maximum absolute atomic E-state index is 10.7. The summed E-state index contributed by atoms with van der Waals surface area (Å²) < 4.78 is 5.53. The van der Waals surface area contributed by atoms with Crippen molar-refractivity contribution in [3.63, 3.8) is 0 Å². The van der Waals surface area contributed by atoms with E-state index in [2.05, 4.69) is 22.8 Å². The van der Waals surface area contributed by atoms with Crippen LogP contribution in [0.15, 0.2) is 17.5 Å². The van der Waals surface area contributed by atoms with Crippen molar-refractivity contribution in [3.05, 3.63) is 22.4 Å². The first kappa shape index (κ1) is 14.5. The molecule has 1 aliphatic heterocycles. The average Bonchev–Trinajstić information content (AvgIpc) is 3.15. The third-order valence-electron chi connectivity index (χ3n) is 5.01. The molecule has 112 valence electrons. The molecular formula is C16H25NO2S. The highest BCUT2D eigenvalue weighted by Crippen LogP contribution is 2.38. The minimum atomic E-state index is -0.700. The molecule has 0 aromatic carbocycles. The van der Waals surface area contributed by atoms with Crippen LogP contribution in [-0.4, -0.2) is 30.0 Å². The van der Waals surface area contributed by atoms with Crippen molar-refractivity contribution in [2.24, 2.45) is 5.92 Å². The summed E-state index contributed by atoms with van der Waals surface area (Å²) in [5.74, 6) is 0.717. The van der Waals surface area contributed by atoms with Crippen molar-refractivity contribution in [1.82, 2.24) is 5.32 Å². The monoisotopic (exact) mass is 295 g/mol. The zero-order valence-electron chi connectivity index (χ0n) is 12.2. The normalized spacial score (nSPS) is 32.8. The van der Waals surface area contributed by atoms with Gasteiger partial charge >= 0.3 is 0 Å². The van der Waals surface area contributed by atoms with Gasteiger partial charge in [-0.2, -0.15) is 0 Å². The Balaban J connectivity index is 1.67. The van der Waals surface area contributed by atoms with Crippen LogP contribution in [0.25, 0.3) is 0 Å². The predicted molar refractivity (Wildman–Crippen MR) is 82.0 cm³/mol. The molecule has 2 heterocycles. The minimum absolute atomic E-state index is 0.0671. The maximum atomic E-state index is 10.7. The summed E-state index contributed by atoms with van der Waals surface area (Å²) in [5.41, 5.74) is -0.700. The fourth-order valence-corrected chi connectivity index (χ4v) is 4.44. The smallest absolute Gasteiger partial charge is 0.105 e. The van der Waals surface area contributed by atoms with E-state index in [1.54, 1.807) is 0 Å². The lowest BCUT2D eigenvalue weighted by Gasteiger charge is -2.31. The quantitative estimate of drug-likeness (QED) is 0.877. The summed E-state index contributed by atoms with van der Waals surface area (Å²) in [7, 11) is 0. The Morgan fingerprint density at radius 2 is 2.30 bits per heavy atom. The van der Waals surface area contributed by atoms with Gasteiger partial charge in [0.15, 0.2) is 0 Å². The van der Waals surface area contributed by atoms with E-state index in [9.17, 15) is 5.11 Å². The van der Waals surface area contributed by atoms with E-state index in [1.165, 1.54) is 30.6 Å². The SMILES string of the molecule is CC1OCCC1(O)CNC(c1cccs1)C1CCCC1. The molecule has 1 saturated carbocycles. The van der Waals surface area contributed by atoms with Gasteiger partial charge in [0.1, 0.15) is 5.60 Å². The molecule has 0 amide bonds. The standard InChI is InChI=1S/C16H25NO2S/c1-12-16(18,8-9-19-12)11-17-15(13-5-2-3-6-13)14-7-4-10-20-14/h4,7,10,12-13,15,17-18H,2-3,5-6,8-9,11H2,1H3. The van der Waals surface area contributed by atoms with Crippen LogP contribution >= 0.6 is 11.3 Å². The van der Waals surface area contributed by atoms with Crippen LogP contribution in [0, 0.1) is 5.92 Å². The van der Waals surface area contributed by atoms with E-state index in [1.807, 2.05) is 18.3 Å². The van der Waals surface area contributed by atoms with E-state index >= 15 is 0 Å². The summed E-state index contributed by atoms with van der Waals surface area (Å²) in [5, 5.41) is 16.5.